The first kappa shape index (κ1) is 5.15. The molecule has 0 aromatic carbocycles. The molecule has 0 bridgehead atoms. The van der Waals surface area contributed by atoms with Gasteiger partial charge in [-0.25, -0.2) is 0 Å². The maximum Gasteiger partial charge on any atom is 0.0452 e. The lowest BCUT2D eigenvalue weighted by molar-refractivity contribution is 0.967. The summed E-state index contributed by atoms with van der Waals surface area (Å²) in [7, 11) is 0. The Hall–Kier alpha value is 0.01000. The highest BCUT2D eigenvalue weighted by atomic mass is 127. The van der Waals surface area contributed by atoms with E-state index in [0.29, 0.717) is 0 Å². The third-order valence-corrected chi connectivity index (χ3v) is 1.50. The van der Waals surface area contributed by atoms with Crippen molar-refractivity contribution in [2.45, 2.75) is 0 Å². The van der Waals surface area contributed by atoms with E-state index in [1.54, 1.807) is 0 Å². The molecule has 0 aromatic rings. The number of dihydropyridines is 1. The molecule has 0 radical (unpaired) electrons. The Morgan fingerprint density at radius 3 is 2.86 bits per heavy atom. The largest absolute Gasteiger partial charge is 0.386 e. The average molecular weight is 207 g/mol. The van der Waals surface area contributed by atoms with Crippen LogP contribution in [-0.4, -0.2) is 6.54 Å². The minimum absolute atomic E-state index is 0.997. The van der Waals surface area contributed by atoms with E-state index in [1.165, 1.54) is 3.58 Å². The van der Waals surface area contributed by atoms with Crippen LogP contribution in [0.3, 0.4) is 0 Å². The fourth-order valence-corrected chi connectivity index (χ4v) is 0.864. The molecular weight excluding hydrogens is 201 g/mol. The number of hydrogen-bond acceptors (Lipinski definition) is 1. The Labute approximate surface area is 56.6 Å². The number of rotatable bonds is 0. The van der Waals surface area contributed by atoms with Crippen molar-refractivity contribution in [2.24, 2.45) is 0 Å². The van der Waals surface area contributed by atoms with Crippen molar-refractivity contribution in [3.05, 3.63) is 21.9 Å². The molecule has 1 aliphatic heterocycles. The molecule has 0 spiro atoms. The van der Waals surface area contributed by atoms with Crippen LogP contribution in [-0.2, 0) is 0 Å². The Morgan fingerprint density at radius 1 is 1.71 bits per heavy atom. The van der Waals surface area contributed by atoms with Crippen LogP contribution < -0.4 is 5.32 Å². The van der Waals surface area contributed by atoms with E-state index in [-0.39, 0.29) is 0 Å². The molecule has 0 amide bonds. The van der Waals surface area contributed by atoms with E-state index in [0.717, 1.165) is 6.54 Å². The molecule has 0 fully saturated rings. The van der Waals surface area contributed by atoms with Crippen molar-refractivity contribution < 1.29 is 0 Å². The first-order valence-corrected chi connectivity index (χ1v) is 3.22. The van der Waals surface area contributed by atoms with Crippen molar-refractivity contribution in [1.82, 2.24) is 5.32 Å². The molecule has 1 nitrogen and oxygen atoms in total. The maximum absolute atomic E-state index is 3.08. The third kappa shape index (κ3) is 1.51. The van der Waals surface area contributed by atoms with Gasteiger partial charge in [0.2, 0.25) is 0 Å². The maximum atomic E-state index is 3.08. The number of halogens is 1. The van der Waals surface area contributed by atoms with Crippen LogP contribution in [0.15, 0.2) is 21.9 Å². The zero-order valence-corrected chi connectivity index (χ0v) is 5.97. The highest BCUT2D eigenvalue weighted by Gasteiger charge is 1.88. The fourth-order valence-electron chi connectivity index (χ4n) is 0.436. The fraction of sp³-hybridized carbons (Fsp3) is 0.200. The lowest BCUT2D eigenvalue weighted by Crippen LogP contribution is -2.08. The average Bonchev–Trinajstić information content (AvgIpc) is 1.69. The molecule has 0 saturated heterocycles. The molecular formula is C5H6IN. The van der Waals surface area contributed by atoms with Gasteiger partial charge in [0.15, 0.2) is 0 Å². The second kappa shape index (κ2) is 2.35. The van der Waals surface area contributed by atoms with Crippen LogP contribution in [0.4, 0.5) is 0 Å². The van der Waals surface area contributed by atoms with Gasteiger partial charge >= 0.3 is 0 Å². The van der Waals surface area contributed by atoms with Crippen LogP contribution in [0.2, 0.25) is 0 Å². The number of nitrogens with one attached hydrogen (secondary N) is 1. The molecule has 1 aliphatic rings. The summed E-state index contributed by atoms with van der Waals surface area (Å²) in [6.45, 7) is 0.997. The monoisotopic (exact) mass is 207 g/mol. The summed E-state index contributed by atoms with van der Waals surface area (Å²) in [6.07, 6.45) is 6.05. The molecule has 0 aliphatic carbocycles. The zero-order valence-electron chi connectivity index (χ0n) is 3.82. The molecule has 7 heavy (non-hydrogen) atoms. The molecule has 2 heteroatoms. The van der Waals surface area contributed by atoms with E-state index in [1.807, 2.05) is 12.3 Å². The van der Waals surface area contributed by atoms with Gasteiger partial charge in [-0.2, -0.15) is 0 Å². The first-order valence-electron chi connectivity index (χ1n) is 2.14. The predicted molar refractivity (Wildman–Crippen MR) is 39.2 cm³/mol. The Bertz CT molecular complexity index is 115. The Morgan fingerprint density at radius 2 is 2.57 bits per heavy atom. The second-order valence-electron chi connectivity index (χ2n) is 1.35. The number of hydrogen-bond donors (Lipinski definition) is 1. The van der Waals surface area contributed by atoms with Gasteiger partial charge in [-0.15, -0.1) is 0 Å². The SMILES string of the molecule is IC1=CC=CNC1. The lowest BCUT2D eigenvalue weighted by atomic mass is 10.4. The van der Waals surface area contributed by atoms with Crippen molar-refractivity contribution in [1.29, 1.82) is 0 Å². The summed E-state index contributed by atoms with van der Waals surface area (Å²) in [6, 6.07) is 0. The minimum atomic E-state index is 0.997. The standard InChI is InChI=1S/C5H6IN/c6-5-2-1-3-7-4-5/h1-3,7H,4H2. The topological polar surface area (TPSA) is 12.0 Å². The summed E-state index contributed by atoms with van der Waals surface area (Å²) in [5.74, 6) is 0. The smallest absolute Gasteiger partial charge is 0.0452 e. The molecule has 0 aromatic heterocycles. The van der Waals surface area contributed by atoms with Gasteiger partial charge in [0.05, 0.1) is 0 Å². The molecule has 1 N–H and O–H groups in total. The summed E-state index contributed by atoms with van der Waals surface area (Å²) in [5.41, 5.74) is 0. The molecule has 0 atom stereocenters. The minimum Gasteiger partial charge on any atom is -0.386 e. The van der Waals surface area contributed by atoms with Gasteiger partial charge in [-0.1, -0.05) is 0 Å². The van der Waals surface area contributed by atoms with Crippen LogP contribution in [0.25, 0.3) is 0 Å². The van der Waals surface area contributed by atoms with Crippen molar-refractivity contribution in [3.8, 4) is 0 Å². The van der Waals surface area contributed by atoms with Crippen LogP contribution in [0.5, 0.6) is 0 Å². The highest BCUT2D eigenvalue weighted by molar-refractivity contribution is 14.1. The second-order valence-corrected chi connectivity index (χ2v) is 2.74. The highest BCUT2D eigenvalue weighted by Crippen LogP contribution is 2.05. The van der Waals surface area contributed by atoms with E-state index >= 15 is 0 Å². The first-order chi connectivity index (χ1) is 3.39. The van der Waals surface area contributed by atoms with Gasteiger partial charge < -0.3 is 5.32 Å². The molecule has 0 unspecified atom stereocenters. The van der Waals surface area contributed by atoms with Crippen LogP contribution >= 0.6 is 22.6 Å². The van der Waals surface area contributed by atoms with Crippen molar-refractivity contribution in [2.75, 3.05) is 6.54 Å². The van der Waals surface area contributed by atoms with Gasteiger partial charge in [-0.05, 0) is 40.9 Å². The van der Waals surface area contributed by atoms with E-state index < -0.39 is 0 Å². The third-order valence-electron chi connectivity index (χ3n) is 0.762. The van der Waals surface area contributed by atoms with Crippen LogP contribution in [0, 0.1) is 0 Å². The normalized spacial score (nSPS) is 18.1. The van der Waals surface area contributed by atoms with Crippen molar-refractivity contribution in [3.63, 3.8) is 0 Å². The Balaban J connectivity index is 2.57. The summed E-state index contributed by atoms with van der Waals surface area (Å²) < 4.78 is 1.36. The predicted octanol–water partition coefficient (Wildman–Crippen LogP) is 1.42. The van der Waals surface area contributed by atoms with E-state index in [9.17, 15) is 0 Å². The summed E-state index contributed by atoms with van der Waals surface area (Å²) in [5, 5.41) is 3.08. The van der Waals surface area contributed by atoms with E-state index in [4.69, 9.17) is 0 Å². The zero-order chi connectivity index (χ0) is 5.11. The quantitative estimate of drug-likeness (QED) is 0.592. The summed E-state index contributed by atoms with van der Waals surface area (Å²) >= 11 is 2.30. The van der Waals surface area contributed by atoms with Gasteiger partial charge in [0.1, 0.15) is 0 Å². The summed E-state index contributed by atoms with van der Waals surface area (Å²) in [4.78, 5) is 0. The molecule has 38 valence electrons. The Kier molecular flexibility index (Phi) is 1.73. The number of allylic oxidation sites excluding steroid dienone is 2. The molecule has 1 heterocycles. The lowest BCUT2D eigenvalue weighted by Gasteiger charge is -2.01. The van der Waals surface area contributed by atoms with Gasteiger partial charge in [-0.3, -0.25) is 0 Å². The van der Waals surface area contributed by atoms with Crippen LogP contribution in [0.1, 0.15) is 0 Å². The van der Waals surface area contributed by atoms with Crippen molar-refractivity contribution >= 4 is 22.6 Å². The molecule has 1 rings (SSSR count). The molecule has 0 saturated carbocycles. The van der Waals surface area contributed by atoms with E-state index in [2.05, 4.69) is 34.0 Å². The van der Waals surface area contributed by atoms with Gasteiger partial charge in [0.25, 0.3) is 0 Å². The van der Waals surface area contributed by atoms with Gasteiger partial charge in [0, 0.05) is 10.1 Å².